The standard InChI is InChI=1S/C12H14N2O4S/c1-19(17,18)13-7-5-10(6-8-13)11-3-2-4-12(9-11)14(15)16/h2-5,9H,6-8H2,1H3. The zero-order chi connectivity index (χ0) is 14.0. The minimum absolute atomic E-state index is 0.0453. The Morgan fingerprint density at radius 3 is 2.63 bits per heavy atom. The van der Waals surface area contributed by atoms with E-state index in [2.05, 4.69) is 0 Å². The van der Waals surface area contributed by atoms with Crippen molar-refractivity contribution >= 4 is 21.3 Å². The smallest absolute Gasteiger partial charge is 0.258 e. The third kappa shape index (κ3) is 3.18. The van der Waals surface area contributed by atoms with Crippen LogP contribution in [0.15, 0.2) is 30.3 Å². The molecular formula is C12H14N2O4S. The fraction of sp³-hybridized carbons (Fsp3) is 0.333. The first-order valence-electron chi connectivity index (χ1n) is 5.77. The van der Waals surface area contributed by atoms with Crippen LogP contribution in [0.1, 0.15) is 12.0 Å². The van der Waals surface area contributed by atoms with Gasteiger partial charge in [-0.1, -0.05) is 18.2 Å². The maximum absolute atomic E-state index is 11.4. The van der Waals surface area contributed by atoms with Gasteiger partial charge < -0.3 is 0 Å². The van der Waals surface area contributed by atoms with Gasteiger partial charge in [0, 0.05) is 25.2 Å². The number of non-ortho nitro benzene ring substituents is 1. The molecule has 1 aliphatic rings. The van der Waals surface area contributed by atoms with Crippen LogP contribution in [0.5, 0.6) is 0 Å². The molecule has 1 heterocycles. The monoisotopic (exact) mass is 282 g/mol. The molecular weight excluding hydrogens is 268 g/mol. The Hall–Kier alpha value is -1.73. The summed E-state index contributed by atoms with van der Waals surface area (Å²) in [7, 11) is -3.17. The highest BCUT2D eigenvalue weighted by Gasteiger charge is 2.20. The Labute approximate surface area is 111 Å². The van der Waals surface area contributed by atoms with Gasteiger partial charge in [-0.15, -0.1) is 0 Å². The second kappa shape index (κ2) is 5.10. The number of hydrogen-bond donors (Lipinski definition) is 0. The summed E-state index contributed by atoms with van der Waals surface area (Å²) in [4.78, 5) is 10.3. The van der Waals surface area contributed by atoms with Gasteiger partial charge in [0.25, 0.3) is 5.69 Å². The molecule has 7 heteroatoms. The van der Waals surface area contributed by atoms with Gasteiger partial charge >= 0.3 is 0 Å². The lowest BCUT2D eigenvalue weighted by molar-refractivity contribution is -0.384. The minimum atomic E-state index is -3.17. The van der Waals surface area contributed by atoms with Crippen LogP contribution in [-0.4, -0.2) is 37.0 Å². The van der Waals surface area contributed by atoms with Crippen LogP contribution in [0.2, 0.25) is 0 Å². The maximum atomic E-state index is 11.4. The molecule has 0 aromatic heterocycles. The van der Waals surface area contributed by atoms with Crippen molar-refractivity contribution < 1.29 is 13.3 Å². The van der Waals surface area contributed by atoms with Gasteiger partial charge in [-0.05, 0) is 17.6 Å². The van der Waals surface area contributed by atoms with Crippen molar-refractivity contribution in [1.82, 2.24) is 4.31 Å². The molecule has 6 nitrogen and oxygen atoms in total. The lowest BCUT2D eigenvalue weighted by Gasteiger charge is -2.24. The van der Waals surface area contributed by atoms with E-state index in [4.69, 9.17) is 0 Å². The van der Waals surface area contributed by atoms with Gasteiger partial charge in [-0.2, -0.15) is 4.31 Å². The van der Waals surface area contributed by atoms with Gasteiger partial charge in [-0.25, -0.2) is 8.42 Å². The highest BCUT2D eigenvalue weighted by molar-refractivity contribution is 7.88. The molecule has 1 aliphatic heterocycles. The molecule has 0 atom stereocenters. The minimum Gasteiger partial charge on any atom is -0.258 e. The van der Waals surface area contributed by atoms with Crippen molar-refractivity contribution in [2.24, 2.45) is 0 Å². The first-order valence-corrected chi connectivity index (χ1v) is 7.62. The Morgan fingerprint density at radius 1 is 1.37 bits per heavy atom. The molecule has 0 saturated carbocycles. The molecule has 0 radical (unpaired) electrons. The topological polar surface area (TPSA) is 80.5 Å². The highest BCUT2D eigenvalue weighted by atomic mass is 32.2. The third-order valence-corrected chi connectivity index (χ3v) is 4.34. The summed E-state index contributed by atoms with van der Waals surface area (Å²) in [6, 6.07) is 6.39. The number of hydrogen-bond acceptors (Lipinski definition) is 4. The summed E-state index contributed by atoms with van der Waals surface area (Å²) in [6.45, 7) is 0.726. The van der Waals surface area contributed by atoms with Gasteiger partial charge in [0.1, 0.15) is 0 Å². The van der Waals surface area contributed by atoms with E-state index in [-0.39, 0.29) is 5.69 Å². The van der Waals surface area contributed by atoms with Crippen molar-refractivity contribution in [3.63, 3.8) is 0 Å². The van der Waals surface area contributed by atoms with Crippen LogP contribution in [0.25, 0.3) is 5.57 Å². The lowest BCUT2D eigenvalue weighted by Crippen LogP contribution is -2.33. The van der Waals surface area contributed by atoms with Crippen LogP contribution in [0, 0.1) is 10.1 Å². The quantitative estimate of drug-likeness (QED) is 0.623. The Kier molecular flexibility index (Phi) is 3.68. The number of nitro benzene ring substituents is 1. The first-order chi connectivity index (χ1) is 8.88. The maximum Gasteiger partial charge on any atom is 0.270 e. The predicted molar refractivity (Wildman–Crippen MR) is 72.1 cm³/mol. The number of nitrogens with zero attached hydrogens (tertiary/aromatic N) is 2. The van der Waals surface area contributed by atoms with Crippen molar-refractivity contribution in [3.8, 4) is 0 Å². The summed E-state index contributed by atoms with van der Waals surface area (Å²) in [5.74, 6) is 0. The van der Waals surface area contributed by atoms with Gasteiger partial charge in [-0.3, -0.25) is 10.1 Å². The van der Waals surface area contributed by atoms with E-state index in [0.29, 0.717) is 19.5 Å². The van der Waals surface area contributed by atoms with E-state index in [1.54, 1.807) is 12.1 Å². The molecule has 0 N–H and O–H groups in total. The van der Waals surface area contributed by atoms with Crippen molar-refractivity contribution in [1.29, 1.82) is 0 Å². The molecule has 0 saturated heterocycles. The fourth-order valence-corrected chi connectivity index (χ4v) is 2.80. The summed E-state index contributed by atoms with van der Waals surface area (Å²) < 4.78 is 24.1. The summed E-state index contributed by atoms with van der Waals surface area (Å²) in [5.41, 5.74) is 1.77. The number of benzene rings is 1. The fourth-order valence-electron chi connectivity index (χ4n) is 2.03. The van der Waals surface area contributed by atoms with E-state index in [1.807, 2.05) is 6.08 Å². The van der Waals surface area contributed by atoms with E-state index >= 15 is 0 Å². The van der Waals surface area contributed by atoms with E-state index < -0.39 is 14.9 Å². The van der Waals surface area contributed by atoms with Crippen LogP contribution >= 0.6 is 0 Å². The molecule has 1 aromatic carbocycles. The van der Waals surface area contributed by atoms with Crippen molar-refractivity contribution in [2.75, 3.05) is 19.3 Å². The molecule has 19 heavy (non-hydrogen) atoms. The molecule has 0 spiro atoms. The number of sulfonamides is 1. The van der Waals surface area contributed by atoms with Crippen molar-refractivity contribution in [2.45, 2.75) is 6.42 Å². The Morgan fingerprint density at radius 2 is 2.11 bits per heavy atom. The molecule has 102 valence electrons. The van der Waals surface area contributed by atoms with Crippen LogP contribution in [-0.2, 0) is 10.0 Å². The van der Waals surface area contributed by atoms with Gasteiger partial charge in [0.15, 0.2) is 0 Å². The molecule has 0 unspecified atom stereocenters. The van der Waals surface area contributed by atoms with Gasteiger partial charge in [0.05, 0.1) is 11.2 Å². The van der Waals surface area contributed by atoms with Crippen LogP contribution in [0.3, 0.4) is 0 Å². The van der Waals surface area contributed by atoms with E-state index in [0.717, 1.165) is 11.1 Å². The zero-order valence-electron chi connectivity index (χ0n) is 10.4. The van der Waals surface area contributed by atoms with Crippen LogP contribution < -0.4 is 0 Å². The summed E-state index contributed by atoms with van der Waals surface area (Å²) in [6.07, 6.45) is 3.55. The second-order valence-electron chi connectivity index (χ2n) is 4.41. The Bertz CT molecular complexity index is 637. The molecule has 1 aromatic rings. The van der Waals surface area contributed by atoms with Gasteiger partial charge in [0.2, 0.25) is 10.0 Å². The highest BCUT2D eigenvalue weighted by Crippen LogP contribution is 2.26. The molecule has 2 rings (SSSR count). The average molecular weight is 282 g/mol. The Balaban J connectivity index is 2.23. The normalized spacial score (nSPS) is 17.0. The average Bonchev–Trinajstić information content (AvgIpc) is 2.38. The summed E-state index contributed by atoms with van der Waals surface area (Å²) >= 11 is 0. The lowest BCUT2D eigenvalue weighted by atomic mass is 10.00. The SMILES string of the molecule is CS(=O)(=O)N1CC=C(c2cccc([N+](=O)[O-])c2)CC1. The molecule has 0 fully saturated rings. The number of rotatable bonds is 3. The number of nitro groups is 1. The van der Waals surface area contributed by atoms with E-state index in [1.165, 1.54) is 22.7 Å². The largest absolute Gasteiger partial charge is 0.270 e. The second-order valence-corrected chi connectivity index (χ2v) is 6.39. The van der Waals surface area contributed by atoms with E-state index in [9.17, 15) is 18.5 Å². The first kappa shape index (κ1) is 13.7. The molecule has 0 aliphatic carbocycles. The molecule has 0 amide bonds. The zero-order valence-corrected chi connectivity index (χ0v) is 11.3. The van der Waals surface area contributed by atoms with Crippen LogP contribution in [0.4, 0.5) is 5.69 Å². The summed E-state index contributed by atoms with van der Waals surface area (Å²) in [5, 5.41) is 10.7. The van der Waals surface area contributed by atoms with Crippen molar-refractivity contribution in [3.05, 3.63) is 46.0 Å². The predicted octanol–water partition coefficient (Wildman–Crippen LogP) is 1.64. The third-order valence-electron chi connectivity index (χ3n) is 3.07. The molecule has 0 bridgehead atoms.